The summed E-state index contributed by atoms with van der Waals surface area (Å²) in [6, 6.07) is 17.9. The van der Waals surface area contributed by atoms with Crippen molar-refractivity contribution in [1.82, 2.24) is 29.7 Å². The lowest BCUT2D eigenvalue weighted by atomic mass is 9.91. The highest BCUT2D eigenvalue weighted by molar-refractivity contribution is 5.96. The minimum atomic E-state index is -0.581. The summed E-state index contributed by atoms with van der Waals surface area (Å²) in [5.41, 5.74) is 4.45. The number of nitrogens with zero attached hydrogens (tertiary/aromatic N) is 5. The van der Waals surface area contributed by atoms with Gasteiger partial charge in [0.1, 0.15) is 17.1 Å². The van der Waals surface area contributed by atoms with E-state index in [4.69, 9.17) is 4.74 Å². The molecule has 1 N–H and O–H groups in total. The van der Waals surface area contributed by atoms with Gasteiger partial charge in [-0.15, -0.1) is 0 Å². The molecule has 1 aliphatic heterocycles. The van der Waals surface area contributed by atoms with Gasteiger partial charge in [-0.05, 0) is 94.1 Å². The fourth-order valence-electron chi connectivity index (χ4n) is 6.26. The minimum Gasteiger partial charge on any atom is -0.438 e. The molecular formula is C35H41FN6O2. The number of carbonyl (C=O) groups is 1. The van der Waals surface area contributed by atoms with Crippen molar-refractivity contribution in [2.45, 2.75) is 57.7 Å². The van der Waals surface area contributed by atoms with Crippen molar-refractivity contribution in [1.29, 1.82) is 0 Å². The molecule has 9 heteroatoms. The molecule has 2 fully saturated rings. The highest BCUT2D eigenvalue weighted by Crippen LogP contribution is 2.31. The molecule has 44 heavy (non-hydrogen) atoms. The summed E-state index contributed by atoms with van der Waals surface area (Å²) < 4.78 is 22.5. The molecule has 0 atom stereocenters. The molecule has 4 aromatic rings. The number of pyridine rings is 1. The van der Waals surface area contributed by atoms with E-state index in [2.05, 4.69) is 67.2 Å². The van der Waals surface area contributed by atoms with E-state index in [1.165, 1.54) is 18.1 Å². The topological polar surface area (TPSA) is 75.5 Å². The molecule has 1 aliphatic carbocycles. The Kier molecular flexibility index (Phi) is 9.33. The molecule has 0 unspecified atom stereocenters. The number of amides is 1. The Hall–Kier alpha value is -4.08. The molecule has 0 spiro atoms. The maximum Gasteiger partial charge on any atom is 0.257 e. The molecule has 2 aromatic heterocycles. The van der Waals surface area contributed by atoms with Gasteiger partial charge in [0.2, 0.25) is 5.88 Å². The molecule has 1 saturated carbocycles. The summed E-state index contributed by atoms with van der Waals surface area (Å²) in [7, 11) is 2.19. The molecule has 230 valence electrons. The highest BCUT2D eigenvalue weighted by atomic mass is 19.1. The van der Waals surface area contributed by atoms with Crippen LogP contribution in [0.2, 0.25) is 0 Å². The summed E-state index contributed by atoms with van der Waals surface area (Å²) in [5, 5.41) is 3.09. The summed E-state index contributed by atoms with van der Waals surface area (Å²) in [6.07, 6.45) is 9.76. The van der Waals surface area contributed by atoms with Gasteiger partial charge in [-0.2, -0.15) is 0 Å². The third kappa shape index (κ3) is 7.52. The van der Waals surface area contributed by atoms with Gasteiger partial charge in [0.05, 0.1) is 18.2 Å². The van der Waals surface area contributed by atoms with Crippen molar-refractivity contribution in [2.24, 2.45) is 0 Å². The second-order valence-electron chi connectivity index (χ2n) is 12.2. The third-order valence-electron chi connectivity index (χ3n) is 8.80. The predicted octanol–water partition coefficient (Wildman–Crippen LogP) is 6.24. The normalized spacial score (nSPS) is 19.8. The zero-order chi connectivity index (χ0) is 30.5. The number of halogens is 1. The average Bonchev–Trinajstić information content (AvgIpc) is 3.37. The number of likely N-dealkylation sites (N-methyl/N-ethyl adjacent to an activating group) is 1. The first kappa shape index (κ1) is 30.0. The van der Waals surface area contributed by atoms with Crippen LogP contribution in [-0.2, 0) is 6.54 Å². The SMILES string of the molecule is Cc1cn([C@H]2CC[C@H](NC(=O)c3cc(F)cnc3Oc3cccc(-c4ccc(CN5CCCN(C)CC5)cc4)c3)CC2)cn1. The Bertz CT molecular complexity index is 1560. The van der Waals surface area contributed by atoms with Gasteiger partial charge in [0.15, 0.2) is 0 Å². The fourth-order valence-corrected chi connectivity index (χ4v) is 6.26. The molecule has 1 saturated heterocycles. The Labute approximate surface area is 258 Å². The van der Waals surface area contributed by atoms with E-state index in [0.717, 1.165) is 81.4 Å². The van der Waals surface area contributed by atoms with Crippen LogP contribution in [0.25, 0.3) is 11.1 Å². The van der Waals surface area contributed by atoms with Gasteiger partial charge in [0, 0.05) is 37.9 Å². The molecule has 0 radical (unpaired) electrons. The van der Waals surface area contributed by atoms with Crippen LogP contribution in [0.5, 0.6) is 11.6 Å². The fraction of sp³-hybridized carbons (Fsp3) is 0.400. The summed E-state index contributed by atoms with van der Waals surface area (Å²) in [4.78, 5) is 26.7. The van der Waals surface area contributed by atoms with Crippen molar-refractivity contribution in [3.05, 3.63) is 96.0 Å². The van der Waals surface area contributed by atoms with Crippen molar-refractivity contribution < 1.29 is 13.9 Å². The maximum absolute atomic E-state index is 14.3. The van der Waals surface area contributed by atoms with E-state index in [0.29, 0.717) is 11.8 Å². The number of ether oxygens (including phenoxy) is 1. The van der Waals surface area contributed by atoms with E-state index in [1.54, 1.807) is 0 Å². The Balaban J connectivity index is 1.09. The van der Waals surface area contributed by atoms with Crippen LogP contribution in [-0.4, -0.2) is 69.5 Å². The number of carbonyl (C=O) groups excluding carboxylic acids is 1. The van der Waals surface area contributed by atoms with Crippen LogP contribution >= 0.6 is 0 Å². The Morgan fingerprint density at radius 3 is 2.57 bits per heavy atom. The smallest absolute Gasteiger partial charge is 0.257 e. The van der Waals surface area contributed by atoms with Gasteiger partial charge >= 0.3 is 0 Å². The molecule has 1 amide bonds. The first-order valence-electron chi connectivity index (χ1n) is 15.6. The molecule has 3 heterocycles. The second-order valence-corrected chi connectivity index (χ2v) is 12.2. The van der Waals surface area contributed by atoms with E-state index >= 15 is 0 Å². The zero-order valence-corrected chi connectivity index (χ0v) is 25.6. The molecule has 2 aliphatic rings. The monoisotopic (exact) mass is 596 g/mol. The third-order valence-corrected chi connectivity index (χ3v) is 8.80. The number of nitrogens with one attached hydrogen (secondary N) is 1. The van der Waals surface area contributed by atoms with E-state index < -0.39 is 5.82 Å². The number of imidazole rings is 1. The van der Waals surface area contributed by atoms with Crippen molar-refractivity contribution in [3.8, 4) is 22.8 Å². The molecular weight excluding hydrogens is 555 g/mol. The van der Waals surface area contributed by atoms with E-state index in [1.807, 2.05) is 37.5 Å². The van der Waals surface area contributed by atoms with Crippen LogP contribution in [0.3, 0.4) is 0 Å². The Morgan fingerprint density at radius 1 is 0.977 bits per heavy atom. The van der Waals surface area contributed by atoms with Crippen LogP contribution in [0.1, 0.15) is 59.8 Å². The molecule has 8 nitrogen and oxygen atoms in total. The lowest BCUT2D eigenvalue weighted by molar-refractivity contribution is 0.0919. The number of benzene rings is 2. The number of aryl methyl sites for hydroxylation is 1. The van der Waals surface area contributed by atoms with Crippen molar-refractivity contribution in [2.75, 3.05) is 33.2 Å². The largest absolute Gasteiger partial charge is 0.438 e. The average molecular weight is 597 g/mol. The summed E-state index contributed by atoms with van der Waals surface area (Å²) in [6.45, 7) is 7.40. The number of hydrogen-bond donors (Lipinski definition) is 1. The highest BCUT2D eigenvalue weighted by Gasteiger charge is 2.26. The summed E-state index contributed by atoms with van der Waals surface area (Å²) in [5.74, 6) is -0.342. The summed E-state index contributed by atoms with van der Waals surface area (Å²) >= 11 is 0. The molecule has 0 bridgehead atoms. The first-order chi connectivity index (χ1) is 21.4. The predicted molar refractivity (Wildman–Crippen MR) is 169 cm³/mol. The minimum absolute atomic E-state index is 0.00600. The molecule has 2 aromatic carbocycles. The van der Waals surface area contributed by atoms with Crippen LogP contribution in [0.15, 0.2) is 73.3 Å². The van der Waals surface area contributed by atoms with Crippen molar-refractivity contribution in [3.63, 3.8) is 0 Å². The lowest BCUT2D eigenvalue weighted by Gasteiger charge is -2.30. The van der Waals surface area contributed by atoms with Crippen LogP contribution in [0.4, 0.5) is 4.39 Å². The van der Waals surface area contributed by atoms with Gasteiger partial charge in [-0.3, -0.25) is 9.69 Å². The number of hydrogen-bond acceptors (Lipinski definition) is 6. The van der Waals surface area contributed by atoms with Crippen LogP contribution < -0.4 is 10.1 Å². The first-order valence-corrected chi connectivity index (χ1v) is 15.6. The van der Waals surface area contributed by atoms with Gasteiger partial charge in [0.25, 0.3) is 5.91 Å². The Morgan fingerprint density at radius 2 is 1.80 bits per heavy atom. The van der Waals surface area contributed by atoms with Gasteiger partial charge in [-0.25, -0.2) is 14.4 Å². The molecule has 6 rings (SSSR count). The van der Waals surface area contributed by atoms with E-state index in [-0.39, 0.29) is 23.4 Å². The standard InChI is InChI=1S/C35H41FN6O2/c1-25-22-42(24-38-25)31-13-11-30(12-14-31)39-34(43)33-20-29(36)21-37-35(33)44-32-6-3-5-28(19-32)27-9-7-26(8-10-27)23-41-16-4-15-40(2)17-18-41/h3,5-10,19-22,24,30-31H,4,11-18,23H2,1-2H3,(H,39,43)/t30-,31-. The quantitative estimate of drug-likeness (QED) is 0.260. The maximum atomic E-state index is 14.3. The van der Waals surface area contributed by atoms with E-state index in [9.17, 15) is 9.18 Å². The van der Waals surface area contributed by atoms with Gasteiger partial charge in [-0.1, -0.05) is 36.4 Å². The van der Waals surface area contributed by atoms with Crippen molar-refractivity contribution >= 4 is 5.91 Å². The second kappa shape index (κ2) is 13.7. The van der Waals surface area contributed by atoms with Crippen LogP contribution in [0, 0.1) is 12.7 Å². The zero-order valence-electron chi connectivity index (χ0n) is 25.6. The number of rotatable bonds is 8. The lowest BCUT2D eigenvalue weighted by Crippen LogP contribution is -2.38. The van der Waals surface area contributed by atoms with Gasteiger partial charge < -0.3 is 19.5 Å². The number of aromatic nitrogens is 3.